The van der Waals surface area contributed by atoms with Crippen LogP contribution in [0.2, 0.25) is 0 Å². The van der Waals surface area contributed by atoms with Crippen molar-refractivity contribution in [1.82, 2.24) is 4.98 Å². The van der Waals surface area contributed by atoms with Crippen LogP contribution in [0.3, 0.4) is 0 Å². The molecule has 0 aliphatic carbocycles. The Bertz CT molecular complexity index is 508. The maximum Gasteiger partial charge on any atom is 0.328 e. The Morgan fingerprint density at radius 1 is 1.63 bits per heavy atom. The summed E-state index contributed by atoms with van der Waals surface area (Å²) in [6, 6.07) is 3.10. The van der Waals surface area contributed by atoms with E-state index in [2.05, 4.69) is 10.3 Å². The van der Waals surface area contributed by atoms with Crippen LogP contribution in [0.1, 0.15) is 26.3 Å². The fourth-order valence-electron chi connectivity index (χ4n) is 1.60. The van der Waals surface area contributed by atoms with E-state index >= 15 is 0 Å². The van der Waals surface area contributed by atoms with Crippen LogP contribution < -0.4 is 5.32 Å². The Labute approximate surface area is 111 Å². The van der Waals surface area contributed by atoms with E-state index < -0.39 is 10.5 Å². The molecular weight excluding hydrogens is 248 g/mol. The largest absolute Gasteiger partial charge is 0.374 e. The predicted molar refractivity (Wildman–Crippen MR) is 69.8 cm³/mol. The molecule has 1 aromatic rings. The van der Waals surface area contributed by atoms with E-state index in [-0.39, 0.29) is 17.1 Å². The zero-order valence-electron chi connectivity index (χ0n) is 11.1. The van der Waals surface area contributed by atoms with Gasteiger partial charge in [0.25, 0.3) is 0 Å². The molecule has 0 radical (unpaired) electrons. The average molecular weight is 264 g/mol. The highest BCUT2D eigenvalue weighted by Gasteiger charge is 2.24. The average Bonchev–Trinajstić information content (AvgIpc) is 2.35. The molecule has 19 heavy (non-hydrogen) atoms. The van der Waals surface area contributed by atoms with Crippen molar-refractivity contribution in [2.75, 3.05) is 18.5 Å². The molecule has 0 atom stereocenters. The highest BCUT2D eigenvalue weighted by Crippen LogP contribution is 2.26. The van der Waals surface area contributed by atoms with E-state index in [0.717, 1.165) is 0 Å². The third kappa shape index (κ3) is 3.89. The van der Waals surface area contributed by atoms with Gasteiger partial charge in [0.15, 0.2) is 0 Å². The first-order chi connectivity index (χ1) is 8.91. The topological polar surface area (TPSA) is 101 Å². The summed E-state index contributed by atoms with van der Waals surface area (Å²) in [6.07, 6.45) is 1.36. The van der Waals surface area contributed by atoms with Gasteiger partial charge in [-0.25, -0.2) is 4.98 Å². The Balaban J connectivity index is 2.96. The van der Waals surface area contributed by atoms with Crippen molar-refractivity contribution < 1.29 is 9.66 Å². The highest BCUT2D eigenvalue weighted by atomic mass is 16.6. The van der Waals surface area contributed by atoms with Crippen molar-refractivity contribution in [2.45, 2.75) is 26.4 Å². The Hall–Kier alpha value is -2.20. The summed E-state index contributed by atoms with van der Waals surface area (Å²) in [6.45, 7) is 6.50. The van der Waals surface area contributed by atoms with Crippen LogP contribution in [0.15, 0.2) is 12.3 Å². The number of nitrogens with zero attached hydrogens (tertiary/aromatic N) is 3. The van der Waals surface area contributed by atoms with Crippen LogP contribution in [0.25, 0.3) is 0 Å². The van der Waals surface area contributed by atoms with Crippen molar-refractivity contribution in [2.24, 2.45) is 0 Å². The number of hydrogen-bond donors (Lipinski definition) is 1. The maximum absolute atomic E-state index is 11.0. The minimum absolute atomic E-state index is 0.0169. The third-order valence-electron chi connectivity index (χ3n) is 2.44. The number of ether oxygens (including phenoxy) is 1. The molecule has 0 saturated heterocycles. The molecule has 0 saturated carbocycles. The first kappa shape index (κ1) is 14.9. The quantitative estimate of drug-likeness (QED) is 0.623. The van der Waals surface area contributed by atoms with Gasteiger partial charge in [-0.1, -0.05) is 0 Å². The number of aromatic nitrogens is 1. The monoisotopic (exact) mass is 264 g/mol. The van der Waals surface area contributed by atoms with Crippen molar-refractivity contribution in [3.8, 4) is 6.07 Å². The zero-order valence-corrected chi connectivity index (χ0v) is 11.1. The second-order valence-electron chi connectivity index (χ2n) is 4.47. The van der Waals surface area contributed by atoms with Gasteiger partial charge in [0.1, 0.15) is 11.6 Å². The number of pyridine rings is 1. The van der Waals surface area contributed by atoms with Gasteiger partial charge in [0.2, 0.25) is 5.82 Å². The minimum Gasteiger partial charge on any atom is -0.374 e. The first-order valence-electron chi connectivity index (χ1n) is 5.82. The fraction of sp³-hybridized carbons (Fsp3) is 0.500. The fourth-order valence-corrected chi connectivity index (χ4v) is 1.60. The molecule has 0 unspecified atom stereocenters. The summed E-state index contributed by atoms with van der Waals surface area (Å²) in [5, 5.41) is 22.7. The van der Waals surface area contributed by atoms with Gasteiger partial charge >= 0.3 is 5.69 Å². The molecule has 1 heterocycles. The number of nitriles is 1. The van der Waals surface area contributed by atoms with E-state index in [1.165, 1.54) is 12.3 Å². The number of nitrogens with one attached hydrogen (secondary N) is 1. The van der Waals surface area contributed by atoms with Crippen LogP contribution in [0.4, 0.5) is 11.5 Å². The SMILES string of the molecule is CCOC(C)(C)CNc1nccc(C#N)c1[N+](=O)[O-]. The smallest absolute Gasteiger partial charge is 0.328 e. The molecule has 1 aromatic heterocycles. The normalized spacial score (nSPS) is 10.8. The lowest BCUT2D eigenvalue weighted by atomic mass is 10.1. The summed E-state index contributed by atoms with van der Waals surface area (Å²) in [7, 11) is 0. The number of hydrogen-bond acceptors (Lipinski definition) is 6. The summed E-state index contributed by atoms with van der Waals surface area (Å²) in [4.78, 5) is 14.3. The lowest BCUT2D eigenvalue weighted by Crippen LogP contribution is -2.33. The lowest BCUT2D eigenvalue weighted by molar-refractivity contribution is -0.384. The molecular formula is C12H16N4O3. The molecule has 102 valence electrons. The molecule has 7 nitrogen and oxygen atoms in total. The van der Waals surface area contributed by atoms with E-state index in [0.29, 0.717) is 13.2 Å². The maximum atomic E-state index is 11.0. The molecule has 0 aromatic carbocycles. The second-order valence-corrected chi connectivity index (χ2v) is 4.47. The van der Waals surface area contributed by atoms with E-state index in [4.69, 9.17) is 10.00 Å². The van der Waals surface area contributed by atoms with Crippen molar-refractivity contribution in [1.29, 1.82) is 5.26 Å². The van der Waals surface area contributed by atoms with Crippen LogP contribution >= 0.6 is 0 Å². The molecule has 1 N–H and O–H groups in total. The number of rotatable bonds is 6. The summed E-state index contributed by atoms with van der Waals surface area (Å²) < 4.78 is 5.48. The van der Waals surface area contributed by atoms with Gasteiger partial charge in [-0.3, -0.25) is 10.1 Å². The van der Waals surface area contributed by atoms with E-state index in [9.17, 15) is 10.1 Å². The molecule has 1 rings (SSSR count). The van der Waals surface area contributed by atoms with Crippen molar-refractivity contribution in [3.05, 3.63) is 27.9 Å². The van der Waals surface area contributed by atoms with Crippen LogP contribution in [0, 0.1) is 21.4 Å². The second kappa shape index (κ2) is 6.11. The molecule has 0 bridgehead atoms. The highest BCUT2D eigenvalue weighted by molar-refractivity contribution is 5.64. The molecule has 0 spiro atoms. The van der Waals surface area contributed by atoms with Gasteiger partial charge in [-0.15, -0.1) is 0 Å². The predicted octanol–water partition coefficient (Wildman–Crippen LogP) is 2.09. The molecule has 0 aliphatic rings. The van der Waals surface area contributed by atoms with Crippen LogP contribution in [-0.4, -0.2) is 28.7 Å². The molecule has 7 heteroatoms. The van der Waals surface area contributed by atoms with Gasteiger partial charge in [-0.2, -0.15) is 5.26 Å². The molecule has 0 fully saturated rings. The van der Waals surface area contributed by atoms with Gasteiger partial charge in [-0.05, 0) is 26.8 Å². The van der Waals surface area contributed by atoms with Crippen molar-refractivity contribution >= 4 is 11.5 Å². The number of nitro groups is 1. The third-order valence-corrected chi connectivity index (χ3v) is 2.44. The molecule has 0 amide bonds. The minimum atomic E-state index is -0.610. The standard InChI is InChI=1S/C12H16N4O3/c1-4-19-12(2,3)8-15-11-10(16(17)18)9(7-13)5-6-14-11/h5-6H,4,8H2,1-3H3,(H,14,15). The lowest BCUT2D eigenvalue weighted by Gasteiger charge is -2.25. The van der Waals surface area contributed by atoms with E-state index in [1.54, 1.807) is 6.07 Å². The Morgan fingerprint density at radius 3 is 2.84 bits per heavy atom. The van der Waals surface area contributed by atoms with Crippen molar-refractivity contribution in [3.63, 3.8) is 0 Å². The first-order valence-corrected chi connectivity index (χ1v) is 5.82. The van der Waals surface area contributed by atoms with Gasteiger partial charge < -0.3 is 10.1 Å². The van der Waals surface area contributed by atoms with Gasteiger partial charge in [0, 0.05) is 19.3 Å². The summed E-state index contributed by atoms with van der Waals surface area (Å²) >= 11 is 0. The van der Waals surface area contributed by atoms with Gasteiger partial charge in [0.05, 0.1) is 10.5 Å². The Kier molecular flexibility index (Phi) is 4.78. The number of anilines is 1. The van der Waals surface area contributed by atoms with Crippen LogP contribution in [0.5, 0.6) is 0 Å². The zero-order chi connectivity index (χ0) is 14.5. The summed E-state index contributed by atoms with van der Waals surface area (Å²) in [5.41, 5.74) is -0.804. The molecule has 0 aliphatic heterocycles. The summed E-state index contributed by atoms with van der Waals surface area (Å²) in [5.74, 6) is 0.0804. The van der Waals surface area contributed by atoms with Crippen LogP contribution in [-0.2, 0) is 4.74 Å². The Morgan fingerprint density at radius 2 is 2.32 bits per heavy atom. The van der Waals surface area contributed by atoms with E-state index in [1.807, 2.05) is 20.8 Å².